The van der Waals surface area contributed by atoms with E-state index in [9.17, 15) is 14.4 Å². The number of rotatable bonds is 4. The molecule has 0 atom stereocenters. The van der Waals surface area contributed by atoms with Gasteiger partial charge in [-0.05, 0) is 30.3 Å². The van der Waals surface area contributed by atoms with Crippen LogP contribution in [0.1, 0.15) is 5.01 Å². The topological polar surface area (TPSA) is 78.9 Å². The van der Waals surface area contributed by atoms with E-state index < -0.39 is 5.63 Å². The summed E-state index contributed by atoms with van der Waals surface area (Å²) in [4.78, 5) is 16.7. The second-order valence-corrected chi connectivity index (χ2v) is 6.71. The van der Waals surface area contributed by atoms with Crippen molar-refractivity contribution in [1.82, 2.24) is 4.98 Å². The minimum atomic E-state index is -0.490. The van der Waals surface area contributed by atoms with Crippen LogP contribution >= 0.6 is 11.3 Å². The molecule has 0 fully saturated rings. The first-order valence-corrected chi connectivity index (χ1v) is 9.13. The molecule has 4 rings (SSSR count). The molecule has 0 aliphatic carbocycles. The Morgan fingerprint density at radius 3 is 2.89 bits per heavy atom. The molecule has 0 aliphatic heterocycles. The molecular weight excluding hydrogens is 377 g/mol. The number of halogens is 1. The van der Waals surface area contributed by atoms with Crippen LogP contribution in [0.25, 0.3) is 27.8 Å². The van der Waals surface area contributed by atoms with Crippen LogP contribution in [0.2, 0.25) is 0 Å². The maximum Gasteiger partial charge on any atom is 0.345 e. The smallest absolute Gasteiger partial charge is 0.345 e. The van der Waals surface area contributed by atoms with Gasteiger partial charge in [-0.1, -0.05) is 24.3 Å². The molecule has 5 nitrogen and oxygen atoms in total. The second-order valence-electron chi connectivity index (χ2n) is 5.85. The lowest BCUT2D eigenvalue weighted by molar-refractivity contribution is 0.563. The summed E-state index contributed by atoms with van der Waals surface area (Å²) in [7, 11) is 0. The third-order valence-electron chi connectivity index (χ3n) is 3.98. The molecule has 1 N–H and O–H groups in total. The van der Waals surface area contributed by atoms with Crippen molar-refractivity contribution in [2.45, 2.75) is 0 Å². The number of nitriles is 1. The maximum absolute atomic E-state index is 13.3. The maximum atomic E-state index is 13.3. The summed E-state index contributed by atoms with van der Waals surface area (Å²) in [6.45, 7) is 0. The number of nitrogens with one attached hydrogen (secondary N) is 1. The standard InChI is InChI=1S/C21H12FN3O2S/c22-15-5-3-6-16(9-15)24-11-14(10-23)20-25-18(12-28-20)17-8-13-4-1-2-7-19(13)27-21(17)26/h1-9,11-12,24H/b14-11+. The van der Waals surface area contributed by atoms with Crippen molar-refractivity contribution in [2.75, 3.05) is 5.32 Å². The Morgan fingerprint density at radius 1 is 1.21 bits per heavy atom. The minimum Gasteiger partial charge on any atom is -0.422 e. The van der Waals surface area contributed by atoms with Crippen molar-refractivity contribution in [2.24, 2.45) is 0 Å². The number of thiazole rings is 1. The molecule has 0 amide bonds. The molecule has 0 saturated carbocycles. The summed E-state index contributed by atoms with van der Waals surface area (Å²) in [5.41, 5.74) is 1.56. The number of nitrogens with zero attached hydrogens (tertiary/aromatic N) is 2. The van der Waals surface area contributed by atoms with Crippen LogP contribution in [0, 0.1) is 17.1 Å². The number of para-hydroxylation sites is 1. The van der Waals surface area contributed by atoms with Crippen molar-refractivity contribution in [3.05, 3.63) is 87.4 Å². The van der Waals surface area contributed by atoms with Gasteiger partial charge >= 0.3 is 5.63 Å². The van der Waals surface area contributed by atoms with Crippen LogP contribution in [0.4, 0.5) is 10.1 Å². The van der Waals surface area contributed by atoms with Gasteiger partial charge in [-0.15, -0.1) is 11.3 Å². The van der Waals surface area contributed by atoms with Crippen molar-refractivity contribution in [3.63, 3.8) is 0 Å². The summed E-state index contributed by atoms with van der Waals surface area (Å²) >= 11 is 1.23. The third kappa shape index (κ3) is 3.54. The molecule has 0 saturated heterocycles. The molecule has 28 heavy (non-hydrogen) atoms. The Kier molecular flexibility index (Phi) is 4.70. The van der Waals surface area contributed by atoms with Gasteiger partial charge in [0, 0.05) is 22.7 Å². The van der Waals surface area contributed by atoms with Crippen LogP contribution in [-0.4, -0.2) is 4.98 Å². The van der Waals surface area contributed by atoms with E-state index in [1.165, 1.54) is 29.7 Å². The number of hydrogen-bond donors (Lipinski definition) is 1. The van der Waals surface area contributed by atoms with Crippen LogP contribution in [0.3, 0.4) is 0 Å². The summed E-state index contributed by atoms with van der Waals surface area (Å²) in [6.07, 6.45) is 1.46. The van der Waals surface area contributed by atoms with E-state index in [1.807, 2.05) is 12.1 Å². The Hall–Kier alpha value is -3.76. The lowest BCUT2D eigenvalue weighted by atomic mass is 10.1. The van der Waals surface area contributed by atoms with Crippen LogP contribution < -0.4 is 10.9 Å². The average Bonchev–Trinajstić information content (AvgIpc) is 3.18. The third-order valence-corrected chi connectivity index (χ3v) is 4.86. The molecule has 7 heteroatoms. The quantitative estimate of drug-likeness (QED) is 0.391. The Balaban J connectivity index is 1.66. The molecule has 0 unspecified atom stereocenters. The Morgan fingerprint density at radius 2 is 2.07 bits per heavy atom. The van der Waals surface area contributed by atoms with Gasteiger partial charge in [0.2, 0.25) is 0 Å². The molecule has 0 spiro atoms. The van der Waals surface area contributed by atoms with Gasteiger partial charge in [-0.25, -0.2) is 14.2 Å². The highest BCUT2D eigenvalue weighted by Gasteiger charge is 2.13. The summed E-state index contributed by atoms with van der Waals surface area (Å²) in [5, 5.41) is 15.2. The van der Waals surface area contributed by atoms with E-state index in [0.717, 1.165) is 5.39 Å². The molecule has 0 bridgehead atoms. The fourth-order valence-electron chi connectivity index (χ4n) is 2.64. The lowest BCUT2D eigenvalue weighted by Crippen LogP contribution is -2.02. The molecule has 136 valence electrons. The number of aromatic nitrogens is 1. The summed E-state index contributed by atoms with van der Waals surface area (Å²) in [5.74, 6) is -0.378. The molecule has 4 aromatic rings. The zero-order chi connectivity index (χ0) is 19.5. The predicted molar refractivity (Wildman–Crippen MR) is 107 cm³/mol. The van der Waals surface area contributed by atoms with Crippen LogP contribution in [-0.2, 0) is 0 Å². The molecule has 0 radical (unpaired) electrons. The predicted octanol–water partition coefficient (Wildman–Crippen LogP) is 5.03. The van der Waals surface area contributed by atoms with E-state index >= 15 is 0 Å². The van der Waals surface area contributed by atoms with Crippen molar-refractivity contribution in [3.8, 4) is 17.3 Å². The van der Waals surface area contributed by atoms with E-state index in [0.29, 0.717) is 27.5 Å². The molecule has 2 heterocycles. The van der Waals surface area contributed by atoms with Gasteiger partial charge in [-0.2, -0.15) is 5.26 Å². The fraction of sp³-hybridized carbons (Fsp3) is 0. The van der Waals surface area contributed by atoms with E-state index in [4.69, 9.17) is 4.42 Å². The highest BCUT2D eigenvalue weighted by atomic mass is 32.1. The van der Waals surface area contributed by atoms with Crippen LogP contribution in [0.15, 0.2) is 75.4 Å². The second kappa shape index (κ2) is 7.47. The van der Waals surface area contributed by atoms with E-state index in [1.54, 1.807) is 35.7 Å². The van der Waals surface area contributed by atoms with Crippen molar-refractivity contribution in [1.29, 1.82) is 5.26 Å². The van der Waals surface area contributed by atoms with E-state index in [2.05, 4.69) is 16.4 Å². The fourth-order valence-corrected chi connectivity index (χ4v) is 3.42. The Labute approximate surface area is 163 Å². The highest BCUT2D eigenvalue weighted by molar-refractivity contribution is 7.11. The molecular formula is C21H12FN3O2S. The summed E-state index contributed by atoms with van der Waals surface area (Å²) in [6, 6.07) is 16.9. The van der Waals surface area contributed by atoms with Crippen molar-refractivity contribution < 1.29 is 8.81 Å². The summed E-state index contributed by atoms with van der Waals surface area (Å²) < 4.78 is 18.6. The lowest BCUT2D eigenvalue weighted by Gasteiger charge is -2.01. The van der Waals surface area contributed by atoms with Gasteiger partial charge < -0.3 is 9.73 Å². The number of benzene rings is 2. The number of allylic oxidation sites excluding steroid dienone is 1. The monoisotopic (exact) mass is 389 g/mol. The largest absolute Gasteiger partial charge is 0.422 e. The number of fused-ring (bicyclic) bond motifs is 1. The minimum absolute atomic E-state index is 0.269. The first kappa shape index (κ1) is 17.6. The molecule has 2 aromatic carbocycles. The van der Waals surface area contributed by atoms with Gasteiger partial charge in [0.15, 0.2) is 0 Å². The van der Waals surface area contributed by atoms with Gasteiger partial charge in [-0.3, -0.25) is 0 Å². The van der Waals surface area contributed by atoms with Crippen LogP contribution in [0.5, 0.6) is 0 Å². The normalized spacial score (nSPS) is 11.4. The van der Waals surface area contributed by atoms with Gasteiger partial charge in [0.25, 0.3) is 0 Å². The van der Waals surface area contributed by atoms with Gasteiger partial charge in [0.05, 0.1) is 11.3 Å². The van der Waals surface area contributed by atoms with Gasteiger partial charge in [0.1, 0.15) is 28.1 Å². The zero-order valence-corrected chi connectivity index (χ0v) is 15.2. The SMILES string of the molecule is N#C/C(=C\Nc1cccc(F)c1)c1nc(-c2cc3ccccc3oc2=O)cs1. The number of hydrogen-bond acceptors (Lipinski definition) is 6. The highest BCUT2D eigenvalue weighted by Crippen LogP contribution is 2.26. The molecule has 2 aromatic heterocycles. The molecule has 0 aliphatic rings. The first-order valence-electron chi connectivity index (χ1n) is 8.25. The van der Waals surface area contributed by atoms with E-state index in [-0.39, 0.29) is 11.4 Å². The first-order chi connectivity index (χ1) is 13.6. The Bertz CT molecular complexity index is 1300. The number of anilines is 1. The van der Waals surface area contributed by atoms with Crippen molar-refractivity contribution >= 4 is 33.6 Å². The zero-order valence-electron chi connectivity index (χ0n) is 14.3. The average molecular weight is 389 g/mol.